The molecule has 0 radical (unpaired) electrons. The number of nitrogens with zero attached hydrogens (tertiary/aromatic N) is 1. The van der Waals surface area contributed by atoms with Gasteiger partial charge in [-0.15, -0.1) is 0 Å². The molecule has 0 atom stereocenters. The minimum absolute atomic E-state index is 0.0287. The zero-order chi connectivity index (χ0) is 13.1. The minimum atomic E-state index is -0.296. The molecule has 2 aromatic rings. The highest BCUT2D eigenvalue weighted by molar-refractivity contribution is 7.17. The van der Waals surface area contributed by atoms with E-state index in [4.69, 9.17) is 5.73 Å². The van der Waals surface area contributed by atoms with Gasteiger partial charge in [0, 0.05) is 5.69 Å². The molecule has 0 amide bonds. The van der Waals surface area contributed by atoms with Gasteiger partial charge in [-0.1, -0.05) is 11.3 Å². The number of rotatable bonds is 4. The topological polar surface area (TPSA) is 68.0 Å². The van der Waals surface area contributed by atoms with Gasteiger partial charge in [0.1, 0.15) is 5.82 Å². The second-order valence-electron chi connectivity index (χ2n) is 3.69. The summed E-state index contributed by atoms with van der Waals surface area (Å²) < 4.78 is 12.7. The summed E-state index contributed by atoms with van der Waals surface area (Å²) >= 11 is 1.25. The second-order valence-corrected chi connectivity index (χ2v) is 4.69. The fourth-order valence-electron chi connectivity index (χ4n) is 1.46. The third kappa shape index (κ3) is 2.72. The Morgan fingerprint density at radius 2 is 2.11 bits per heavy atom. The summed E-state index contributed by atoms with van der Waals surface area (Å²) in [5, 5.41) is 3.61. The third-order valence-corrected chi connectivity index (χ3v) is 3.44. The van der Waals surface area contributed by atoms with E-state index in [1.54, 1.807) is 19.1 Å². The number of aromatic nitrogens is 1. The van der Waals surface area contributed by atoms with Gasteiger partial charge in [0.05, 0.1) is 17.1 Å². The van der Waals surface area contributed by atoms with Crippen molar-refractivity contribution < 1.29 is 9.18 Å². The van der Waals surface area contributed by atoms with Gasteiger partial charge < -0.3 is 11.1 Å². The van der Waals surface area contributed by atoms with Gasteiger partial charge in [-0.2, -0.15) is 0 Å². The normalized spacial score (nSPS) is 10.4. The van der Waals surface area contributed by atoms with Crippen LogP contribution < -0.4 is 11.1 Å². The Labute approximate surface area is 108 Å². The lowest BCUT2D eigenvalue weighted by Crippen LogP contribution is -2.13. The van der Waals surface area contributed by atoms with Gasteiger partial charge in [-0.25, -0.2) is 9.37 Å². The van der Waals surface area contributed by atoms with Crippen LogP contribution in [0, 0.1) is 12.7 Å². The van der Waals surface area contributed by atoms with E-state index in [1.165, 1.54) is 23.5 Å². The standard InChI is InChI=1S/C12H12FN3OS/c1-7-11(10(17)6-14)18-12(15-7)16-9-4-2-8(13)3-5-9/h2-5H,6,14H2,1H3,(H,15,16). The first-order valence-corrected chi connectivity index (χ1v) is 6.15. The molecule has 0 spiro atoms. The molecule has 94 valence electrons. The van der Waals surface area contributed by atoms with Gasteiger partial charge in [0.2, 0.25) is 0 Å². The molecule has 0 saturated heterocycles. The number of hydrogen-bond acceptors (Lipinski definition) is 5. The molecule has 0 fully saturated rings. The maximum atomic E-state index is 12.7. The number of aryl methyl sites for hydroxylation is 1. The van der Waals surface area contributed by atoms with Crippen molar-refractivity contribution in [3.05, 3.63) is 40.7 Å². The lowest BCUT2D eigenvalue weighted by molar-refractivity contribution is 0.100. The maximum Gasteiger partial charge on any atom is 0.188 e. The lowest BCUT2D eigenvalue weighted by Gasteiger charge is -2.01. The van der Waals surface area contributed by atoms with E-state index in [0.717, 1.165) is 5.69 Å². The molecule has 1 aromatic carbocycles. The number of thiazole rings is 1. The fraction of sp³-hybridized carbons (Fsp3) is 0.167. The molecule has 3 N–H and O–H groups in total. The summed E-state index contributed by atoms with van der Waals surface area (Å²) in [7, 11) is 0. The van der Waals surface area contributed by atoms with Crippen LogP contribution in [0.5, 0.6) is 0 Å². The van der Waals surface area contributed by atoms with Crippen molar-refractivity contribution in [2.24, 2.45) is 5.73 Å². The van der Waals surface area contributed by atoms with Crippen LogP contribution in [0.15, 0.2) is 24.3 Å². The summed E-state index contributed by atoms with van der Waals surface area (Å²) in [6, 6.07) is 5.93. The van der Waals surface area contributed by atoms with E-state index < -0.39 is 0 Å². The second kappa shape index (κ2) is 5.24. The predicted octanol–water partition coefficient (Wildman–Crippen LogP) is 2.48. The Kier molecular flexibility index (Phi) is 3.69. The van der Waals surface area contributed by atoms with Gasteiger partial charge >= 0.3 is 0 Å². The van der Waals surface area contributed by atoms with E-state index in [2.05, 4.69) is 10.3 Å². The van der Waals surface area contributed by atoms with Crippen LogP contribution in [0.1, 0.15) is 15.4 Å². The number of nitrogens with two attached hydrogens (primary N) is 1. The molecule has 6 heteroatoms. The number of anilines is 2. The predicted molar refractivity (Wildman–Crippen MR) is 69.9 cm³/mol. The molecule has 2 rings (SSSR count). The van der Waals surface area contributed by atoms with Crippen molar-refractivity contribution in [1.29, 1.82) is 0 Å². The summed E-state index contributed by atoms with van der Waals surface area (Å²) in [4.78, 5) is 16.3. The molecule has 0 aliphatic rings. The highest BCUT2D eigenvalue weighted by Gasteiger charge is 2.13. The third-order valence-electron chi connectivity index (χ3n) is 2.33. The largest absolute Gasteiger partial charge is 0.332 e. The number of Topliss-reactive ketones (excluding diaryl/α,β-unsaturated/α-hetero) is 1. The van der Waals surface area contributed by atoms with Crippen molar-refractivity contribution in [3.8, 4) is 0 Å². The molecular formula is C12H12FN3OS. The Morgan fingerprint density at radius 1 is 1.44 bits per heavy atom. The van der Waals surface area contributed by atoms with Crippen molar-refractivity contribution in [3.63, 3.8) is 0 Å². The zero-order valence-electron chi connectivity index (χ0n) is 9.74. The first-order valence-electron chi connectivity index (χ1n) is 5.33. The molecule has 0 aliphatic heterocycles. The fourth-order valence-corrected chi connectivity index (χ4v) is 2.39. The van der Waals surface area contributed by atoms with Crippen LogP contribution in [0.3, 0.4) is 0 Å². The van der Waals surface area contributed by atoms with Crippen LogP contribution in [0.25, 0.3) is 0 Å². The summed E-state index contributed by atoms with van der Waals surface area (Å²) in [5.74, 6) is -0.424. The molecule has 0 saturated carbocycles. The molecule has 18 heavy (non-hydrogen) atoms. The van der Waals surface area contributed by atoms with Crippen LogP contribution in [-0.2, 0) is 0 Å². The Bertz CT molecular complexity index is 565. The number of carbonyl (C=O) groups is 1. The quantitative estimate of drug-likeness (QED) is 0.833. The van der Waals surface area contributed by atoms with E-state index in [0.29, 0.717) is 15.7 Å². The van der Waals surface area contributed by atoms with E-state index in [9.17, 15) is 9.18 Å². The van der Waals surface area contributed by atoms with Crippen molar-refractivity contribution >= 4 is 27.9 Å². The number of carbonyl (C=O) groups excluding carboxylic acids is 1. The molecule has 0 bridgehead atoms. The van der Waals surface area contributed by atoms with Crippen molar-refractivity contribution in [2.75, 3.05) is 11.9 Å². The summed E-state index contributed by atoms with van der Waals surface area (Å²) in [5.41, 5.74) is 6.69. The average Bonchev–Trinajstić information content (AvgIpc) is 2.72. The molecular weight excluding hydrogens is 253 g/mol. The highest BCUT2D eigenvalue weighted by Crippen LogP contribution is 2.25. The van der Waals surface area contributed by atoms with Gasteiger partial charge in [-0.3, -0.25) is 4.79 Å². The van der Waals surface area contributed by atoms with E-state index in [1.807, 2.05) is 0 Å². The van der Waals surface area contributed by atoms with E-state index in [-0.39, 0.29) is 18.1 Å². The Morgan fingerprint density at radius 3 is 2.72 bits per heavy atom. The van der Waals surface area contributed by atoms with Gasteiger partial charge in [-0.05, 0) is 31.2 Å². The van der Waals surface area contributed by atoms with Crippen LogP contribution >= 0.6 is 11.3 Å². The SMILES string of the molecule is Cc1nc(Nc2ccc(F)cc2)sc1C(=O)CN. The Balaban J connectivity index is 2.20. The van der Waals surface area contributed by atoms with Crippen molar-refractivity contribution in [2.45, 2.75) is 6.92 Å². The molecule has 1 heterocycles. The molecule has 4 nitrogen and oxygen atoms in total. The number of hydrogen-bond donors (Lipinski definition) is 2. The number of halogens is 1. The molecule has 0 unspecified atom stereocenters. The smallest absolute Gasteiger partial charge is 0.188 e. The highest BCUT2D eigenvalue weighted by atomic mass is 32.1. The summed E-state index contributed by atoms with van der Waals surface area (Å²) in [6.07, 6.45) is 0. The van der Waals surface area contributed by atoms with Gasteiger partial charge in [0.25, 0.3) is 0 Å². The number of nitrogens with one attached hydrogen (secondary N) is 1. The Hall–Kier alpha value is -1.79. The van der Waals surface area contributed by atoms with Crippen LogP contribution in [-0.4, -0.2) is 17.3 Å². The van der Waals surface area contributed by atoms with Crippen LogP contribution in [0.4, 0.5) is 15.2 Å². The monoisotopic (exact) mass is 265 g/mol. The average molecular weight is 265 g/mol. The number of ketones is 1. The maximum absolute atomic E-state index is 12.7. The molecule has 1 aromatic heterocycles. The first-order chi connectivity index (χ1) is 8.60. The summed E-state index contributed by atoms with van der Waals surface area (Å²) in [6.45, 7) is 1.73. The number of benzene rings is 1. The lowest BCUT2D eigenvalue weighted by atomic mass is 10.3. The van der Waals surface area contributed by atoms with Gasteiger partial charge in [0.15, 0.2) is 10.9 Å². The minimum Gasteiger partial charge on any atom is -0.332 e. The molecule has 0 aliphatic carbocycles. The van der Waals surface area contributed by atoms with E-state index >= 15 is 0 Å². The van der Waals surface area contributed by atoms with Crippen molar-refractivity contribution in [1.82, 2.24) is 4.98 Å². The first kappa shape index (κ1) is 12.7. The zero-order valence-corrected chi connectivity index (χ0v) is 10.6. The van der Waals surface area contributed by atoms with Crippen LogP contribution in [0.2, 0.25) is 0 Å².